The molecule has 2 aliphatic rings. The molecular weight excluding hydrogens is 244 g/mol. The summed E-state index contributed by atoms with van der Waals surface area (Å²) in [4.78, 5) is 11.6. The van der Waals surface area contributed by atoms with E-state index < -0.39 is 30.2 Å². The van der Waals surface area contributed by atoms with Crippen molar-refractivity contribution in [2.75, 3.05) is 0 Å². The van der Waals surface area contributed by atoms with Crippen molar-refractivity contribution in [1.82, 2.24) is 0 Å². The first kappa shape index (κ1) is 14.0. The van der Waals surface area contributed by atoms with Crippen LogP contribution >= 0.6 is 0 Å². The summed E-state index contributed by atoms with van der Waals surface area (Å²) >= 11 is 0. The Balaban J connectivity index is 2.36. The Morgan fingerprint density at radius 2 is 1.84 bits per heavy atom. The van der Waals surface area contributed by atoms with Crippen LogP contribution in [0.1, 0.15) is 26.7 Å². The van der Waals surface area contributed by atoms with Gasteiger partial charge in [-0.05, 0) is 32.8 Å². The number of esters is 1. The Morgan fingerprint density at radius 1 is 1.21 bits per heavy atom. The van der Waals surface area contributed by atoms with E-state index in [0.717, 1.165) is 11.1 Å². The molecule has 4 heteroatoms. The monoisotopic (exact) mass is 264 g/mol. The number of hydrogen-bond acceptors (Lipinski definition) is 4. The number of carbonyl (C=O) groups is 1. The topological polar surface area (TPSA) is 66.8 Å². The van der Waals surface area contributed by atoms with Crippen LogP contribution in [0, 0.1) is 5.92 Å². The molecule has 0 aromatic heterocycles. The minimum absolute atomic E-state index is 0.329. The number of fused-ring (bicyclic) bond motifs is 1. The van der Waals surface area contributed by atoms with Gasteiger partial charge in [0.05, 0.1) is 18.1 Å². The molecule has 1 aliphatic carbocycles. The minimum Gasteiger partial charge on any atom is -0.454 e. The maximum atomic E-state index is 11.6. The van der Waals surface area contributed by atoms with Gasteiger partial charge in [0.2, 0.25) is 0 Å². The Morgan fingerprint density at radius 3 is 2.53 bits per heavy atom. The normalized spacial score (nSPS) is 41.7. The van der Waals surface area contributed by atoms with Crippen molar-refractivity contribution in [1.29, 1.82) is 0 Å². The van der Waals surface area contributed by atoms with Gasteiger partial charge in [0.1, 0.15) is 6.10 Å². The zero-order valence-corrected chi connectivity index (χ0v) is 11.3. The summed E-state index contributed by atoms with van der Waals surface area (Å²) < 4.78 is 5.24. The van der Waals surface area contributed by atoms with E-state index in [1.807, 2.05) is 19.9 Å². The number of aliphatic hydroxyl groups excluding tert-OH is 2. The molecule has 19 heavy (non-hydrogen) atoms. The van der Waals surface area contributed by atoms with Crippen molar-refractivity contribution in [2.24, 2.45) is 5.92 Å². The maximum absolute atomic E-state index is 11.6. The summed E-state index contributed by atoms with van der Waals surface area (Å²) in [5.41, 5.74) is 2.17. The van der Waals surface area contributed by atoms with Crippen molar-refractivity contribution in [3.63, 3.8) is 0 Å². The van der Waals surface area contributed by atoms with Crippen LogP contribution in [0.4, 0.5) is 0 Å². The van der Waals surface area contributed by atoms with E-state index in [9.17, 15) is 15.0 Å². The predicted molar refractivity (Wildman–Crippen MR) is 71.3 cm³/mol. The average Bonchev–Trinajstić information content (AvgIpc) is 2.52. The molecule has 2 rings (SSSR count). The zero-order valence-electron chi connectivity index (χ0n) is 11.3. The van der Waals surface area contributed by atoms with Crippen molar-refractivity contribution < 1.29 is 19.7 Å². The minimum atomic E-state index is -0.727. The highest BCUT2D eigenvalue weighted by Crippen LogP contribution is 2.34. The van der Waals surface area contributed by atoms with Gasteiger partial charge >= 0.3 is 5.97 Å². The van der Waals surface area contributed by atoms with E-state index in [1.165, 1.54) is 0 Å². The van der Waals surface area contributed by atoms with Crippen LogP contribution in [-0.4, -0.2) is 34.5 Å². The Hall–Kier alpha value is -1.39. The van der Waals surface area contributed by atoms with Gasteiger partial charge in [-0.2, -0.15) is 0 Å². The first-order valence-electron chi connectivity index (χ1n) is 6.49. The lowest BCUT2D eigenvalue weighted by atomic mass is 9.85. The third-order valence-corrected chi connectivity index (χ3v) is 3.66. The van der Waals surface area contributed by atoms with E-state index in [1.54, 1.807) is 6.08 Å². The summed E-state index contributed by atoms with van der Waals surface area (Å²) in [7, 11) is 0. The highest BCUT2D eigenvalue weighted by atomic mass is 16.6. The molecular formula is C15H20O4. The average molecular weight is 264 g/mol. The summed E-state index contributed by atoms with van der Waals surface area (Å²) in [5.74, 6) is -0.847. The summed E-state index contributed by atoms with van der Waals surface area (Å²) in [6, 6.07) is 0. The molecule has 4 atom stereocenters. The molecule has 0 saturated carbocycles. The maximum Gasteiger partial charge on any atom is 0.334 e. The molecule has 1 heterocycles. The second-order valence-corrected chi connectivity index (χ2v) is 5.49. The number of carbonyl (C=O) groups excluding carboxylic acids is 1. The van der Waals surface area contributed by atoms with Gasteiger partial charge in [-0.25, -0.2) is 4.79 Å². The number of hydrogen-bond donors (Lipinski definition) is 2. The van der Waals surface area contributed by atoms with Gasteiger partial charge in [0.15, 0.2) is 0 Å². The first-order chi connectivity index (χ1) is 8.88. The van der Waals surface area contributed by atoms with Crippen molar-refractivity contribution in [3.05, 3.63) is 35.5 Å². The highest BCUT2D eigenvalue weighted by molar-refractivity contribution is 5.91. The van der Waals surface area contributed by atoms with Crippen LogP contribution in [0.5, 0.6) is 0 Å². The molecule has 0 spiro atoms. The van der Waals surface area contributed by atoms with Gasteiger partial charge < -0.3 is 14.9 Å². The van der Waals surface area contributed by atoms with Gasteiger partial charge in [0.25, 0.3) is 0 Å². The molecule has 0 bridgehead atoms. The molecule has 1 fully saturated rings. The van der Waals surface area contributed by atoms with Crippen molar-refractivity contribution in [2.45, 2.75) is 45.0 Å². The lowest BCUT2D eigenvalue weighted by Crippen LogP contribution is -2.29. The van der Waals surface area contributed by atoms with Crippen molar-refractivity contribution >= 4 is 5.97 Å². The van der Waals surface area contributed by atoms with Gasteiger partial charge in [-0.3, -0.25) is 0 Å². The number of aliphatic hydroxyl groups is 2. The lowest BCUT2D eigenvalue weighted by molar-refractivity contribution is -0.137. The third-order valence-electron chi connectivity index (χ3n) is 3.66. The zero-order chi connectivity index (χ0) is 14.2. The Kier molecular flexibility index (Phi) is 3.92. The van der Waals surface area contributed by atoms with Crippen LogP contribution in [0.3, 0.4) is 0 Å². The van der Waals surface area contributed by atoms with Crippen molar-refractivity contribution in [3.8, 4) is 0 Å². The molecule has 0 aromatic carbocycles. The fourth-order valence-corrected chi connectivity index (χ4v) is 2.79. The van der Waals surface area contributed by atoms with Gasteiger partial charge in [0, 0.05) is 5.57 Å². The Bertz CT molecular complexity index is 461. The highest BCUT2D eigenvalue weighted by Gasteiger charge is 2.42. The second-order valence-electron chi connectivity index (χ2n) is 5.49. The molecule has 4 unspecified atom stereocenters. The molecule has 4 nitrogen and oxygen atoms in total. The van der Waals surface area contributed by atoms with Crippen LogP contribution in [-0.2, 0) is 9.53 Å². The molecule has 1 saturated heterocycles. The van der Waals surface area contributed by atoms with E-state index in [-0.39, 0.29) is 0 Å². The standard InChI is InChI=1S/C15H20O4/c1-8-4-11(16)5-9(2)7-13-14(12(17)6-8)10(3)15(18)19-13/h4,7,11-14,16-17H,3,5-6H2,1-2H3/b8-4-,9-7-. The van der Waals surface area contributed by atoms with Crippen LogP contribution in [0.15, 0.2) is 35.5 Å². The molecule has 0 radical (unpaired) electrons. The summed E-state index contributed by atoms with van der Waals surface area (Å²) in [6.45, 7) is 7.47. The quantitative estimate of drug-likeness (QED) is 0.395. The SMILES string of the molecule is C=C1C(=O)OC2/C=C(/C)CC(O)/C=C(/C)CC(O)C12. The molecule has 1 aliphatic heterocycles. The van der Waals surface area contributed by atoms with Crippen LogP contribution in [0.25, 0.3) is 0 Å². The third kappa shape index (κ3) is 2.96. The van der Waals surface area contributed by atoms with E-state index in [4.69, 9.17) is 4.74 Å². The molecule has 0 aromatic rings. The summed E-state index contributed by atoms with van der Waals surface area (Å²) in [5, 5.41) is 20.2. The van der Waals surface area contributed by atoms with Crippen LogP contribution in [0.2, 0.25) is 0 Å². The van der Waals surface area contributed by atoms with Gasteiger partial charge in [-0.15, -0.1) is 0 Å². The van der Waals surface area contributed by atoms with E-state index >= 15 is 0 Å². The number of rotatable bonds is 0. The van der Waals surface area contributed by atoms with E-state index in [0.29, 0.717) is 18.4 Å². The molecule has 0 amide bonds. The smallest absolute Gasteiger partial charge is 0.334 e. The Labute approximate surface area is 113 Å². The predicted octanol–water partition coefficient (Wildman–Crippen LogP) is 1.49. The molecule has 2 N–H and O–H groups in total. The fourth-order valence-electron chi connectivity index (χ4n) is 2.79. The van der Waals surface area contributed by atoms with Crippen LogP contribution < -0.4 is 0 Å². The lowest BCUT2D eigenvalue weighted by Gasteiger charge is -2.23. The first-order valence-corrected chi connectivity index (χ1v) is 6.49. The number of ether oxygens (including phenoxy) is 1. The largest absolute Gasteiger partial charge is 0.454 e. The fraction of sp³-hybridized carbons (Fsp3) is 0.533. The van der Waals surface area contributed by atoms with Gasteiger partial charge in [-0.1, -0.05) is 23.8 Å². The summed E-state index contributed by atoms with van der Waals surface area (Å²) in [6.07, 6.45) is 2.69. The molecule has 104 valence electrons. The second kappa shape index (κ2) is 5.31. The van der Waals surface area contributed by atoms with E-state index in [2.05, 4.69) is 6.58 Å².